The first-order chi connectivity index (χ1) is 14.0. The third kappa shape index (κ3) is 4.18. The van der Waals surface area contributed by atoms with Gasteiger partial charge in [-0.1, -0.05) is 36.4 Å². The first kappa shape index (κ1) is 18.9. The number of anilines is 1. The van der Waals surface area contributed by atoms with Crippen molar-refractivity contribution in [2.24, 2.45) is 0 Å². The van der Waals surface area contributed by atoms with Crippen LogP contribution in [0.5, 0.6) is 0 Å². The number of rotatable bonds is 6. The molecule has 1 saturated heterocycles. The van der Waals surface area contributed by atoms with E-state index in [0.29, 0.717) is 11.3 Å². The van der Waals surface area contributed by atoms with E-state index < -0.39 is 12.1 Å². The molecular weight excluding hydrogens is 372 g/mol. The Bertz CT molecular complexity index is 952. The number of benzene rings is 2. The Hall–Kier alpha value is -3.48. The van der Waals surface area contributed by atoms with Crippen molar-refractivity contribution in [3.8, 4) is 0 Å². The summed E-state index contributed by atoms with van der Waals surface area (Å²) in [7, 11) is 0. The Morgan fingerprint density at radius 1 is 0.966 bits per heavy atom. The molecule has 0 spiro atoms. The second-order valence-electron chi connectivity index (χ2n) is 7.15. The summed E-state index contributed by atoms with van der Waals surface area (Å²) in [6, 6.07) is 15.1. The third-order valence-electron chi connectivity index (χ3n) is 4.88. The van der Waals surface area contributed by atoms with Crippen LogP contribution in [-0.2, 0) is 19.1 Å². The maximum absolute atomic E-state index is 12.8. The highest BCUT2D eigenvalue weighted by Crippen LogP contribution is 2.26. The zero-order valence-electron chi connectivity index (χ0n) is 15.7. The average molecular weight is 392 g/mol. The molecule has 0 aromatic heterocycles. The van der Waals surface area contributed by atoms with Crippen molar-refractivity contribution in [3.63, 3.8) is 0 Å². The zero-order valence-corrected chi connectivity index (χ0v) is 15.7. The summed E-state index contributed by atoms with van der Waals surface area (Å²) in [5, 5.41) is 2.86. The summed E-state index contributed by atoms with van der Waals surface area (Å²) in [6.07, 6.45) is 1.07. The molecule has 0 unspecified atom stereocenters. The minimum Gasteiger partial charge on any atom is -0.444 e. The molecule has 2 fully saturated rings. The number of ether oxygens (including phenoxy) is 1. The molecule has 3 amide bonds. The largest absolute Gasteiger partial charge is 0.444 e. The summed E-state index contributed by atoms with van der Waals surface area (Å²) in [5.41, 5.74) is 1.06. The van der Waals surface area contributed by atoms with E-state index in [4.69, 9.17) is 4.74 Å². The van der Waals surface area contributed by atoms with Gasteiger partial charge in [0.25, 0.3) is 5.91 Å². The molecule has 1 aliphatic carbocycles. The van der Waals surface area contributed by atoms with E-state index >= 15 is 0 Å². The second kappa shape index (κ2) is 7.87. The monoisotopic (exact) mass is 392 g/mol. The fourth-order valence-corrected chi connectivity index (χ4v) is 3.22. The highest BCUT2D eigenvalue weighted by atomic mass is 16.5. The summed E-state index contributed by atoms with van der Waals surface area (Å²) in [5.74, 6) is -1.67. The molecule has 2 aliphatic rings. The standard InChI is InChI=1S/C22H20N2O5/c25-18-11-12-19(26)24(18)17-8-4-7-15(13-17)22(28)29-20(14-5-2-1-3-6-14)21(27)23-16-9-10-16/h1-8,13,16,20H,9-12H2,(H,23,27)/t20-/m1/s1. The number of carbonyl (C=O) groups excluding carboxylic acids is 4. The molecule has 2 aromatic carbocycles. The van der Waals surface area contributed by atoms with Gasteiger partial charge in [0, 0.05) is 24.4 Å². The predicted molar refractivity (Wildman–Crippen MR) is 104 cm³/mol. The molecule has 1 heterocycles. The van der Waals surface area contributed by atoms with Crippen molar-refractivity contribution < 1.29 is 23.9 Å². The lowest BCUT2D eigenvalue weighted by Crippen LogP contribution is -2.33. The van der Waals surface area contributed by atoms with Crippen LogP contribution in [0.1, 0.15) is 47.7 Å². The number of esters is 1. The molecule has 148 valence electrons. The van der Waals surface area contributed by atoms with Crippen LogP contribution in [0, 0.1) is 0 Å². The lowest BCUT2D eigenvalue weighted by atomic mass is 10.1. The highest BCUT2D eigenvalue weighted by Gasteiger charge is 2.32. The summed E-state index contributed by atoms with van der Waals surface area (Å²) in [6.45, 7) is 0. The van der Waals surface area contributed by atoms with Crippen molar-refractivity contribution in [2.45, 2.75) is 37.8 Å². The van der Waals surface area contributed by atoms with Crippen LogP contribution in [0.4, 0.5) is 5.69 Å². The van der Waals surface area contributed by atoms with Gasteiger partial charge in [0.05, 0.1) is 11.3 Å². The SMILES string of the molecule is O=C(O[C@@H](C(=O)NC1CC1)c1ccccc1)c1cccc(N2C(=O)CCC2=O)c1. The van der Waals surface area contributed by atoms with Crippen LogP contribution in [0.25, 0.3) is 0 Å². The number of amides is 3. The number of nitrogens with zero attached hydrogens (tertiary/aromatic N) is 1. The van der Waals surface area contributed by atoms with Gasteiger partial charge in [0.15, 0.2) is 0 Å². The van der Waals surface area contributed by atoms with Crippen molar-refractivity contribution in [1.82, 2.24) is 5.32 Å². The molecule has 4 rings (SSSR count). The molecule has 0 radical (unpaired) electrons. The van der Waals surface area contributed by atoms with Crippen LogP contribution in [-0.4, -0.2) is 29.7 Å². The molecule has 1 atom stereocenters. The summed E-state index contributed by atoms with van der Waals surface area (Å²) >= 11 is 0. The Morgan fingerprint density at radius 3 is 2.31 bits per heavy atom. The van der Waals surface area contributed by atoms with Crippen LogP contribution in [0.3, 0.4) is 0 Å². The van der Waals surface area contributed by atoms with Gasteiger partial charge in [0.2, 0.25) is 17.9 Å². The van der Waals surface area contributed by atoms with Crippen LogP contribution >= 0.6 is 0 Å². The summed E-state index contributed by atoms with van der Waals surface area (Å²) < 4.78 is 5.55. The second-order valence-corrected chi connectivity index (χ2v) is 7.15. The number of imide groups is 1. The third-order valence-corrected chi connectivity index (χ3v) is 4.88. The normalized spacial score (nSPS) is 17.2. The zero-order chi connectivity index (χ0) is 20.4. The van der Waals surface area contributed by atoms with Gasteiger partial charge in [-0.25, -0.2) is 4.79 Å². The Kier molecular flexibility index (Phi) is 5.12. The van der Waals surface area contributed by atoms with E-state index in [1.807, 2.05) is 6.07 Å². The van der Waals surface area contributed by atoms with E-state index in [-0.39, 0.29) is 42.2 Å². The van der Waals surface area contributed by atoms with Gasteiger partial charge < -0.3 is 10.1 Å². The minimum absolute atomic E-state index is 0.128. The van der Waals surface area contributed by atoms with E-state index in [1.165, 1.54) is 12.1 Å². The Balaban J connectivity index is 1.56. The topological polar surface area (TPSA) is 92.8 Å². The lowest BCUT2D eigenvalue weighted by molar-refractivity contribution is -0.130. The molecular formula is C22H20N2O5. The Morgan fingerprint density at radius 2 is 1.66 bits per heavy atom. The van der Waals surface area contributed by atoms with Crippen molar-refractivity contribution in [2.75, 3.05) is 4.90 Å². The van der Waals surface area contributed by atoms with Gasteiger partial charge in [-0.2, -0.15) is 0 Å². The van der Waals surface area contributed by atoms with Crippen molar-refractivity contribution in [3.05, 3.63) is 65.7 Å². The van der Waals surface area contributed by atoms with Gasteiger partial charge >= 0.3 is 5.97 Å². The molecule has 7 nitrogen and oxygen atoms in total. The lowest BCUT2D eigenvalue weighted by Gasteiger charge is -2.19. The first-order valence-corrected chi connectivity index (χ1v) is 9.55. The van der Waals surface area contributed by atoms with Crippen LogP contribution in [0.15, 0.2) is 54.6 Å². The van der Waals surface area contributed by atoms with E-state index in [0.717, 1.165) is 17.7 Å². The van der Waals surface area contributed by atoms with Crippen molar-refractivity contribution in [1.29, 1.82) is 0 Å². The molecule has 7 heteroatoms. The van der Waals surface area contributed by atoms with Gasteiger partial charge in [0.1, 0.15) is 0 Å². The van der Waals surface area contributed by atoms with E-state index in [9.17, 15) is 19.2 Å². The maximum atomic E-state index is 12.8. The van der Waals surface area contributed by atoms with Gasteiger partial charge in [-0.3, -0.25) is 19.3 Å². The number of hydrogen-bond donors (Lipinski definition) is 1. The number of hydrogen-bond acceptors (Lipinski definition) is 5. The van der Waals surface area contributed by atoms with Gasteiger partial charge in [-0.15, -0.1) is 0 Å². The molecule has 0 bridgehead atoms. The first-order valence-electron chi connectivity index (χ1n) is 9.55. The number of carbonyl (C=O) groups is 4. The van der Waals surface area contributed by atoms with Gasteiger partial charge in [-0.05, 0) is 31.0 Å². The quantitative estimate of drug-likeness (QED) is 0.602. The molecule has 1 aliphatic heterocycles. The smallest absolute Gasteiger partial charge is 0.339 e. The maximum Gasteiger partial charge on any atom is 0.339 e. The van der Waals surface area contributed by atoms with Crippen molar-refractivity contribution >= 4 is 29.4 Å². The Labute approximate surface area is 167 Å². The fraction of sp³-hybridized carbons (Fsp3) is 0.273. The average Bonchev–Trinajstić information content (AvgIpc) is 3.48. The highest BCUT2D eigenvalue weighted by molar-refractivity contribution is 6.20. The summed E-state index contributed by atoms with van der Waals surface area (Å²) in [4.78, 5) is 50.4. The van der Waals surface area contributed by atoms with Crippen LogP contribution < -0.4 is 10.2 Å². The minimum atomic E-state index is -1.08. The molecule has 1 N–H and O–H groups in total. The fourth-order valence-electron chi connectivity index (χ4n) is 3.22. The van der Waals surface area contributed by atoms with Crippen LogP contribution in [0.2, 0.25) is 0 Å². The molecule has 1 saturated carbocycles. The van der Waals surface area contributed by atoms with E-state index in [1.54, 1.807) is 36.4 Å². The molecule has 2 aromatic rings. The van der Waals surface area contributed by atoms with E-state index in [2.05, 4.69) is 5.32 Å². The predicted octanol–water partition coefficient (Wildman–Crippen LogP) is 2.52. The molecule has 29 heavy (non-hydrogen) atoms. The number of nitrogens with one attached hydrogen (secondary N) is 1.